The van der Waals surface area contributed by atoms with Crippen LogP contribution in [0.1, 0.15) is 0 Å². The quantitative estimate of drug-likeness (QED) is 0.380. The van der Waals surface area contributed by atoms with Gasteiger partial charge in [-0.2, -0.15) is 5.43 Å². The molecule has 0 aromatic rings. The van der Waals surface area contributed by atoms with Crippen LogP contribution in [0.5, 0.6) is 0 Å². The minimum Gasteiger partial charge on any atom is -0.352 e. The summed E-state index contributed by atoms with van der Waals surface area (Å²) in [5, 5.41) is 0.566. The number of nitrogens with one attached hydrogen (secondary N) is 1. The summed E-state index contributed by atoms with van der Waals surface area (Å²) in [5.74, 6) is 0.652. The van der Waals surface area contributed by atoms with Gasteiger partial charge in [-0.3, -0.25) is 0 Å². The van der Waals surface area contributed by atoms with Crippen LogP contribution in [0.15, 0.2) is 21.5 Å². The van der Waals surface area contributed by atoms with E-state index in [0.717, 1.165) is 4.48 Å². The standard InChI is InChI=1S/C4H5BrClN3/c5-2-1-3(6)8-9-4(2)7/h1,8-9H,7H2/p+1. The van der Waals surface area contributed by atoms with Crippen molar-refractivity contribution in [2.45, 2.75) is 0 Å². The number of nitrogens with two attached hydrogens (primary N) is 2. The van der Waals surface area contributed by atoms with E-state index < -0.39 is 0 Å². The van der Waals surface area contributed by atoms with Crippen LogP contribution in [0.25, 0.3) is 0 Å². The third-order valence-corrected chi connectivity index (χ3v) is 1.80. The van der Waals surface area contributed by atoms with Crippen molar-refractivity contribution in [1.82, 2.24) is 5.43 Å². The number of hydrogen-bond acceptors (Lipinski definition) is 2. The van der Waals surface area contributed by atoms with E-state index in [-0.39, 0.29) is 0 Å². The predicted molar refractivity (Wildman–Crippen MR) is 39.1 cm³/mol. The lowest BCUT2D eigenvalue weighted by molar-refractivity contribution is -0.660. The number of rotatable bonds is 0. The van der Waals surface area contributed by atoms with Crippen molar-refractivity contribution in [3.8, 4) is 0 Å². The topological polar surface area (TPSA) is 54.7 Å². The molecule has 50 valence electrons. The Labute approximate surface area is 66.0 Å². The van der Waals surface area contributed by atoms with Crippen LogP contribution in [0.4, 0.5) is 0 Å². The largest absolute Gasteiger partial charge is 0.352 e. The molecule has 0 saturated heterocycles. The summed E-state index contributed by atoms with van der Waals surface area (Å²) in [6.45, 7) is 0. The Hall–Kier alpha value is -0.190. The smallest absolute Gasteiger partial charge is 0.234 e. The summed E-state index contributed by atoms with van der Waals surface area (Å²) in [4.78, 5) is 0. The lowest BCUT2D eigenvalue weighted by atomic mass is 10.5. The van der Waals surface area contributed by atoms with E-state index in [1.165, 1.54) is 0 Å². The molecule has 0 aromatic heterocycles. The Morgan fingerprint density at radius 3 is 2.89 bits per heavy atom. The summed E-state index contributed by atoms with van der Waals surface area (Å²) >= 11 is 8.79. The van der Waals surface area contributed by atoms with Gasteiger partial charge in [-0.1, -0.05) is 11.6 Å². The molecule has 5 heteroatoms. The molecule has 0 saturated carbocycles. The molecule has 0 unspecified atom stereocenters. The van der Waals surface area contributed by atoms with E-state index in [4.69, 9.17) is 17.3 Å². The summed E-state index contributed by atoms with van der Waals surface area (Å²) in [7, 11) is 0. The van der Waals surface area contributed by atoms with E-state index in [9.17, 15) is 0 Å². The lowest BCUT2D eigenvalue weighted by Crippen LogP contribution is -2.93. The maximum Gasteiger partial charge on any atom is 0.234 e. The highest BCUT2D eigenvalue weighted by Crippen LogP contribution is 2.11. The number of quaternary nitrogens is 1. The Kier molecular flexibility index (Phi) is 2.00. The van der Waals surface area contributed by atoms with Gasteiger partial charge in [-0.05, 0) is 15.9 Å². The Morgan fingerprint density at radius 2 is 2.44 bits per heavy atom. The van der Waals surface area contributed by atoms with Crippen LogP contribution in [0.3, 0.4) is 0 Å². The maximum atomic E-state index is 5.58. The molecule has 0 aliphatic carbocycles. The first kappa shape index (κ1) is 6.92. The normalized spacial score (nSPS) is 19.1. The fourth-order valence-corrected chi connectivity index (χ4v) is 1.09. The zero-order chi connectivity index (χ0) is 6.85. The van der Waals surface area contributed by atoms with E-state index in [1.807, 2.05) is 0 Å². The Bertz CT molecular complexity index is 186. The first-order valence-electron chi connectivity index (χ1n) is 2.32. The molecule has 0 aromatic carbocycles. The second-order valence-electron chi connectivity index (χ2n) is 1.58. The van der Waals surface area contributed by atoms with Crippen LogP contribution in [-0.2, 0) is 0 Å². The van der Waals surface area contributed by atoms with Gasteiger partial charge in [0.2, 0.25) is 5.82 Å². The first-order chi connectivity index (χ1) is 4.20. The van der Waals surface area contributed by atoms with Crippen LogP contribution in [0, 0.1) is 0 Å². The van der Waals surface area contributed by atoms with Gasteiger partial charge in [0, 0.05) is 6.08 Å². The van der Waals surface area contributed by atoms with Crippen LogP contribution in [0.2, 0.25) is 0 Å². The van der Waals surface area contributed by atoms with Crippen LogP contribution < -0.4 is 16.6 Å². The zero-order valence-electron chi connectivity index (χ0n) is 4.49. The van der Waals surface area contributed by atoms with E-state index in [0.29, 0.717) is 11.0 Å². The highest BCUT2D eigenvalue weighted by molar-refractivity contribution is 9.11. The minimum absolute atomic E-state index is 0.566. The summed E-state index contributed by atoms with van der Waals surface area (Å²) in [6.07, 6.45) is 1.71. The van der Waals surface area contributed by atoms with E-state index in [2.05, 4.69) is 21.4 Å². The summed E-state index contributed by atoms with van der Waals surface area (Å²) in [5.41, 5.74) is 9.83. The van der Waals surface area contributed by atoms with Gasteiger partial charge in [-0.15, -0.1) is 0 Å². The van der Waals surface area contributed by atoms with Crippen molar-refractivity contribution in [3.63, 3.8) is 0 Å². The highest BCUT2D eigenvalue weighted by Gasteiger charge is 2.08. The Morgan fingerprint density at radius 1 is 1.78 bits per heavy atom. The molecule has 0 spiro atoms. The van der Waals surface area contributed by atoms with Crippen molar-refractivity contribution in [2.24, 2.45) is 5.73 Å². The second-order valence-corrected chi connectivity index (χ2v) is 2.85. The van der Waals surface area contributed by atoms with Gasteiger partial charge in [0.1, 0.15) is 4.48 Å². The van der Waals surface area contributed by atoms with Gasteiger partial charge < -0.3 is 5.73 Å². The average molecular weight is 211 g/mol. The SMILES string of the molecule is NC1=C(Br)C=C(Cl)N[NH2+]1. The molecular formula is C4H6BrClN3+. The number of allylic oxidation sites excluding steroid dienone is 2. The molecule has 0 radical (unpaired) electrons. The molecule has 0 bridgehead atoms. The van der Waals surface area contributed by atoms with Gasteiger partial charge in [-0.25, -0.2) is 5.43 Å². The van der Waals surface area contributed by atoms with Crippen LogP contribution in [-0.4, -0.2) is 0 Å². The van der Waals surface area contributed by atoms with Gasteiger partial charge in [0.15, 0.2) is 5.16 Å². The number of halogens is 2. The fraction of sp³-hybridized carbons (Fsp3) is 0. The van der Waals surface area contributed by atoms with Gasteiger partial charge >= 0.3 is 0 Å². The average Bonchev–Trinajstić information content (AvgIpc) is 1.80. The molecule has 1 rings (SSSR count). The molecule has 3 nitrogen and oxygen atoms in total. The molecule has 5 N–H and O–H groups in total. The van der Waals surface area contributed by atoms with Gasteiger partial charge in [0.25, 0.3) is 0 Å². The van der Waals surface area contributed by atoms with Gasteiger partial charge in [0.05, 0.1) is 0 Å². The Balaban J connectivity index is 2.83. The van der Waals surface area contributed by atoms with Crippen LogP contribution >= 0.6 is 27.5 Å². The minimum atomic E-state index is 0.566. The molecule has 0 amide bonds. The maximum absolute atomic E-state index is 5.58. The second kappa shape index (κ2) is 2.60. The zero-order valence-corrected chi connectivity index (χ0v) is 6.83. The lowest BCUT2D eigenvalue weighted by Gasteiger charge is -2.08. The van der Waals surface area contributed by atoms with Crippen molar-refractivity contribution >= 4 is 27.5 Å². The molecular weight excluding hydrogens is 205 g/mol. The van der Waals surface area contributed by atoms with Crippen molar-refractivity contribution in [2.75, 3.05) is 0 Å². The summed E-state index contributed by atoms with van der Waals surface area (Å²) in [6, 6.07) is 0. The van der Waals surface area contributed by atoms with Crippen molar-refractivity contribution < 1.29 is 5.43 Å². The first-order valence-corrected chi connectivity index (χ1v) is 3.49. The number of hydrogen-bond donors (Lipinski definition) is 3. The van der Waals surface area contributed by atoms with E-state index in [1.54, 1.807) is 11.5 Å². The van der Waals surface area contributed by atoms with E-state index >= 15 is 0 Å². The third-order valence-electron chi connectivity index (χ3n) is 0.895. The molecule has 0 atom stereocenters. The predicted octanol–water partition coefficient (Wildman–Crippen LogP) is -0.329. The molecule has 1 aliphatic rings. The fourth-order valence-electron chi connectivity index (χ4n) is 0.452. The molecule has 1 heterocycles. The van der Waals surface area contributed by atoms with Crippen molar-refractivity contribution in [3.05, 3.63) is 21.5 Å². The van der Waals surface area contributed by atoms with Crippen molar-refractivity contribution in [1.29, 1.82) is 0 Å². The summed E-state index contributed by atoms with van der Waals surface area (Å²) < 4.78 is 0.811. The molecule has 1 aliphatic heterocycles. The molecule has 9 heavy (non-hydrogen) atoms. The highest BCUT2D eigenvalue weighted by atomic mass is 79.9. The molecule has 0 fully saturated rings. The third kappa shape index (κ3) is 1.61. The monoisotopic (exact) mass is 210 g/mol.